The molecule has 0 saturated heterocycles. The molecule has 0 rings (SSSR count). The maximum atomic E-state index is 11.7. The number of carbonyl (C=O) groups excluding carboxylic acids is 1. The zero-order chi connectivity index (χ0) is 12.9. The Bertz CT molecular complexity index is 266. The van der Waals surface area contributed by atoms with E-state index in [4.69, 9.17) is 9.84 Å². The first-order valence-corrected chi connectivity index (χ1v) is 4.98. The quantitative estimate of drug-likeness (QED) is 0.724. The molecular weight excluding hydrogens is 212 g/mol. The number of rotatable bonds is 5. The van der Waals surface area contributed by atoms with E-state index in [2.05, 4.69) is 5.32 Å². The number of hydrogen-bond acceptors (Lipinski definition) is 3. The average molecular weight is 232 g/mol. The molecule has 0 radical (unpaired) electrons. The van der Waals surface area contributed by atoms with Gasteiger partial charge < -0.3 is 20.1 Å². The number of carbonyl (C=O) groups is 2. The van der Waals surface area contributed by atoms with Crippen molar-refractivity contribution < 1.29 is 19.4 Å². The van der Waals surface area contributed by atoms with E-state index in [-0.39, 0.29) is 0 Å². The number of amides is 2. The van der Waals surface area contributed by atoms with Gasteiger partial charge in [-0.3, -0.25) is 0 Å². The van der Waals surface area contributed by atoms with Gasteiger partial charge in [-0.2, -0.15) is 0 Å². The van der Waals surface area contributed by atoms with Gasteiger partial charge in [0.2, 0.25) is 0 Å². The van der Waals surface area contributed by atoms with Crippen LogP contribution in [0.3, 0.4) is 0 Å². The van der Waals surface area contributed by atoms with Crippen LogP contribution in [0.5, 0.6) is 0 Å². The summed E-state index contributed by atoms with van der Waals surface area (Å²) >= 11 is 0. The molecular formula is C10H20N2O4. The molecule has 0 aliphatic rings. The normalized spacial score (nSPS) is 13.1. The second-order valence-electron chi connectivity index (χ2n) is 4.37. The highest BCUT2D eigenvalue weighted by Gasteiger charge is 2.26. The predicted molar refractivity (Wildman–Crippen MR) is 59.3 cm³/mol. The lowest BCUT2D eigenvalue weighted by Crippen LogP contribution is -2.54. The van der Waals surface area contributed by atoms with Crippen LogP contribution < -0.4 is 5.32 Å². The molecule has 0 aromatic carbocycles. The summed E-state index contributed by atoms with van der Waals surface area (Å²) < 4.78 is 4.95. The van der Waals surface area contributed by atoms with Gasteiger partial charge in [0.25, 0.3) is 0 Å². The van der Waals surface area contributed by atoms with E-state index < -0.39 is 23.6 Å². The van der Waals surface area contributed by atoms with Gasteiger partial charge in [-0.1, -0.05) is 0 Å². The van der Waals surface area contributed by atoms with Crippen molar-refractivity contribution in [2.45, 2.75) is 32.4 Å². The van der Waals surface area contributed by atoms with Crippen LogP contribution in [0.25, 0.3) is 0 Å². The highest BCUT2D eigenvalue weighted by molar-refractivity contribution is 5.82. The Hall–Kier alpha value is -1.30. The van der Waals surface area contributed by atoms with Crippen molar-refractivity contribution in [3.05, 3.63) is 0 Å². The van der Waals surface area contributed by atoms with Gasteiger partial charge in [-0.25, -0.2) is 9.59 Å². The van der Waals surface area contributed by atoms with Crippen LogP contribution >= 0.6 is 0 Å². The molecule has 0 aliphatic carbocycles. The number of carboxylic acids is 1. The van der Waals surface area contributed by atoms with Crippen molar-refractivity contribution in [1.82, 2.24) is 10.2 Å². The zero-order valence-electron chi connectivity index (χ0n) is 10.4. The van der Waals surface area contributed by atoms with Crippen LogP contribution in [-0.2, 0) is 9.53 Å². The lowest BCUT2D eigenvalue weighted by Gasteiger charge is -2.30. The maximum absolute atomic E-state index is 11.7. The summed E-state index contributed by atoms with van der Waals surface area (Å²) in [6, 6.07) is -1.30. The minimum atomic E-state index is -1.04. The number of ether oxygens (including phenoxy) is 1. The Morgan fingerprint density at radius 2 is 2.00 bits per heavy atom. The Balaban J connectivity index is 4.41. The number of nitrogens with zero attached hydrogens (tertiary/aromatic N) is 1. The molecule has 94 valence electrons. The van der Waals surface area contributed by atoms with Gasteiger partial charge in [0.05, 0.1) is 12.1 Å². The number of carboxylic acid groups (broad SMARTS) is 1. The molecule has 0 spiro atoms. The average Bonchev–Trinajstić information content (AvgIpc) is 2.14. The summed E-state index contributed by atoms with van der Waals surface area (Å²) in [5.74, 6) is -1.04. The number of nitrogens with one attached hydrogen (secondary N) is 1. The molecule has 0 heterocycles. The zero-order valence-corrected chi connectivity index (χ0v) is 10.4. The van der Waals surface area contributed by atoms with Gasteiger partial charge in [-0.05, 0) is 20.8 Å². The molecule has 2 N–H and O–H groups in total. The van der Waals surface area contributed by atoms with E-state index in [1.807, 2.05) is 0 Å². The molecule has 0 saturated carbocycles. The van der Waals surface area contributed by atoms with Crippen molar-refractivity contribution in [1.29, 1.82) is 0 Å². The first-order valence-electron chi connectivity index (χ1n) is 4.98. The van der Waals surface area contributed by atoms with Gasteiger partial charge in [0, 0.05) is 14.2 Å². The van der Waals surface area contributed by atoms with Gasteiger partial charge in [0.15, 0.2) is 0 Å². The molecule has 1 atom stereocenters. The minimum Gasteiger partial charge on any atom is -0.480 e. The highest BCUT2D eigenvalue weighted by atomic mass is 16.5. The lowest BCUT2D eigenvalue weighted by atomic mass is 10.1. The van der Waals surface area contributed by atoms with Crippen molar-refractivity contribution in [2.24, 2.45) is 0 Å². The summed E-state index contributed by atoms with van der Waals surface area (Å²) in [5, 5.41) is 11.4. The van der Waals surface area contributed by atoms with Crippen LogP contribution in [0.4, 0.5) is 4.79 Å². The molecule has 16 heavy (non-hydrogen) atoms. The van der Waals surface area contributed by atoms with E-state index in [1.165, 1.54) is 21.1 Å². The molecule has 6 heteroatoms. The topological polar surface area (TPSA) is 78.9 Å². The predicted octanol–water partition coefficient (Wildman–Crippen LogP) is 0.526. The number of likely N-dealkylation sites (N-methyl/N-ethyl adjacent to an activating group) is 1. The van der Waals surface area contributed by atoms with Gasteiger partial charge >= 0.3 is 12.0 Å². The van der Waals surface area contributed by atoms with E-state index in [0.29, 0.717) is 6.61 Å². The summed E-state index contributed by atoms with van der Waals surface area (Å²) in [6.07, 6.45) is 0. The standard InChI is InChI=1S/C10H20N2O4/c1-7(8(13)14)12(4)9(15)11-10(2,3)6-16-5/h7H,6H2,1-5H3,(H,11,15)(H,13,14). The first kappa shape index (κ1) is 14.7. The smallest absolute Gasteiger partial charge is 0.326 e. The van der Waals surface area contributed by atoms with E-state index in [9.17, 15) is 9.59 Å². The summed E-state index contributed by atoms with van der Waals surface area (Å²) in [6.45, 7) is 5.40. The molecule has 0 aromatic rings. The van der Waals surface area contributed by atoms with Crippen LogP contribution in [-0.4, -0.2) is 54.4 Å². The monoisotopic (exact) mass is 232 g/mol. The Kier molecular flexibility index (Phi) is 5.23. The van der Waals surface area contributed by atoms with Crippen LogP contribution in [0.15, 0.2) is 0 Å². The fourth-order valence-corrected chi connectivity index (χ4v) is 1.12. The van der Waals surface area contributed by atoms with Crippen LogP contribution in [0.1, 0.15) is 20.8 Å². The van der Waals surface area contributed by atoms with Crippen molar-refractivity contribution in [2.75, 3.05) is 20.8 Å². The summed E-state index contributed by atoms with van der Waals surface area (Å²) in [7, 11) is 2.98. The SMILES string of the molecule is COCC(C)(C)NC(=O)N(C)C(C)C(=O)O. The van der Waals surface area contributed by atoms with Crippen molar-refractivity contribution in [3.63, 3.8) is 0 Å². The van der Waals surface area contributed by atoms with Crippen molar-refractivity contribution >= 4 is 12.0 Å². The fraction of sp³-hybridized carbons (Fsp3) is 0.800. The number of aliphatic carboxylic acids is 1. The Labute approximate surface area is 95.6 Å². The van der Waals surface area contributed by atoms with Gasteiger partial charge in [-0.15, -0.1) is 0 Å². The molecule has 1 unspecified atom stereocenters. The lowest BCUT2D eigenvalue weighted by molar-refractivity contribution is -0.141. The second-order valence-corrected chi connectivity index (χ2v) is 4.37. The maximum Gasteiger partial charge on any atom is 0.326 e. The largest absolute Gasteiger partial charge is 0.480 e. The third kappa shape index (κ3) is 4.48. The third-order valence-electron chi connectivity index (χ3n) is 2.21. The third-order valence-corrected chi connectivity index (χ3v) is 2.21. The number of hydrogen-bond donors (Lipinski definition) is 2. The van der Waals surface area contributed by atoms with E-state index in [0.717, 1.165) is 4.90 Å². The summed E-state index contributed by atoms with van der Waals surface area (Å²) in [4.78, 5) is 23.5. The minimum absolute atomic E-state index is 0.355. The molecule has 0 bridgehead atoms. The molecule has 0 fully saturated rings. The molecule has 0 aliphatic heterocycles. The number of methoxy groups -OCH3 is 1. The molecule has 0 aromatic heterocycles. The van der Waals surface area contributed by atoms with Gasteiger partial charge in [0.1, 0.15) is 6.04 Å². The Morgan fingerprint density at radius 1 is 1.50 bits per heavy atom. The number of urea groups is 1. The first-order chi connectivity index (χ1) is 7.21. The highest BCUT2D eigenvalue weighted by Crippen LogP contribution is 2.05. The van der Waals surface area contributed by atoms with Crippen molar-refractivity contribution in [3.8, 4) is 0 Å². The van der Waals surface area contributed by atoms with E-state index >= 15 is 0 Å². The fourth-order valence-electron chi connectivity index (χ4n) is 1.12. The molecule has 6 nitrogen and oxygen atoms in total. The van der Waals surface area contributed by atoms with Crippen LogP contribution in [0.2, 0.25) is 0 Å². The summed E-state index contributed by atoms with van der Waals surface area (Å²) in [5.41, 5.74) is -0.529. The Morgan fingerprint density at radius 3 is 2.38 bits per heavy atom. The van der Waals surface area contributed by atoms with Crippen LogP contribution in [0, 0.1) is 0 Å². The van der Waals surface area contributed by atoms with E-state index in [1.54, 1.807) is 13.8 Å². The second kappa shape index (κ2) is 5.69. The molecule has 2 amide bonds.